The SMILES string of the molecule is Cc1cc(Cl)cc(Cl)c1OCC(=O)Nc1ccc2oc(-c3ccc(-c4ccccc4)cc3)nc2c1. The molecule has 1 N–H and O–H groups in total. The summed E-state index contributed by atoms with van der Waals surface area (Å²) in [6, 6.07) is 26.8. The molecule has 5 aromatic rings. The Kier molecular flexibility index (Phi) is 6.45. The minimum atomic E-state index is -0.324. The molecule has 0 unspecified atom stereocenters. The van der Waals surface area contributed by atoms with Crippen LogP contribution in [-0.2, 0) is 4.79 Å². The van der Waals surface area contributed by atoms with Gasteiger partial charge in [-0.15, -0.1) is 0 Å². The highest BCUT2D eigenvalue weighted by Crippen LogP contribution is 2.32. The second-order valence-corrected chi connectivity index (χ2v) is 8.86. The molecular formula is C28H20Cl2N2O3. The molecule has 0 aliphatic carbocycles. The first-order chi connectivity index (χ1) is 17.0. The summed E-state index contributed by atoms with van der Waals surface area (Å²) in [5, 5.41) is 3.68. The average molecular weight is 503 g/mol. The molecule has 0 aliphatic rings. The van der Waals surface area contributed by atoms with E-state index in [4.69, 9.17) is 32.4 Å². The van der Waals surface area contributed by atoms with Crippen molar-refractivity contribution in [3.05, 3.63) is 101 Å². The number of carbonyl (C=O) groups excluding carboxylic acids is 1. The van der Waals surface area contributed by atoms with Gasteiger partial charge in [0.1, 0.15) is 11.3 Å². The number of nitrogens with one attached hydrogen (secondary N) is 1. The lowest BCUT2D eigenvalue weighted by Gasteiger charge is -2.11. The van der Waals surface area contributed by atoms with Gasteiger partial charge in [-0.05, 0) is 66.1 Å². The zero-order valence-corrected chi connectivity index (χ0v) is 20.2. The molecule has 0 saturated carbocycles. The number of anilines is 1. The molecule has 7 heteroatoms. The maximum Gasteiger partial charge on any atom is 0.262 e. The van der Waals surface area contributed by atoms with Crippen molar-refractivity contribution < 1.29 is 13.9 Å². The van der Waals surface area contributed by atoms with Crippen molar-refractivity contribution >= 4 is 45.9 Å². The van der Waals surface area contributed by atoms with Gasteiger partial charge in [-0.2, -0.15) is 0 Å². The highest BCUT2D eigenvalue weighted by atomic mass is 35.5. The number of oxazole rings is 1. The lowest BCUT2D eigenvalue weighted by molar-refractivity contribution is -0.118. The molecule has 0 spiro atoms. The number of aryl methyl sites for hydroxylation is 1. The molecule has 1 aromatic heterocycles. The third-order valence-electron chi connectivity index (χ3n) is 5.45. The minimum absolute atomic E-state index is 0.196. The van der Waals surface area contributed by atoms with Crippen molar-refractivity contribution in [1.29, 1.82) is 0 Å². The normalized spacial score (nSPS) is 10.9. The molecule has 1 heterocycles. The van der Waals surface area contributed by atoms with Gasteiger partial charge in [-0.1, -0.05) is 65.7 Å². The number of fused-ring (bicyclic) bond motifs is 1. The van der Waals surface area contributed by atoms with Crippen LogP contribution in [0, 0.1) is 6.92 Å². The summed E-state index contributed by atoms with van der Waals surface area (Å²) in [4.78, 5) is 17.0. The van der Waals surface area contributed by atoms with Gasteiger partial charge in [0, 0.05) is 16.3 Å². The van der Waals surface area contributed by atoms with Crippen molar-refractivity contribution in [2.75, 3.05) is 11.9 Å². The number of benzene rings is 4. The van der Waals surface area contributed by atoms with Crippen molar-refractivity contribution in [3.63, 3.8) is 0 Å². The summed E-state index contributed by atoms with van der Waals surface area (Å²) in [6.07, 6.45) is 0. The zero-order chi connectivity index (χ0) is 24.4. The minimum Gasteiger partial charge on any atom is -0.482 e. The summed E-state index contributed by atoms with van der Waals surface area (Å²) in [6.45, 7) is 1.62. The van der Waals surface area contributed by atoms with E-state index in [0.717, 1.165) is 22.3 Å². The third-order valence-corrected chi connectivity index (χ3v) is 5.95. The van der Waals surface area contributed by atoms with Crippen LogP contribution in [0.1, 0.15) is 5.56 Å². The first kappa shape index (κ1) is 23.0. The summed E-state index contributed by atoms with van der Waals surface area (Å²) >= 11 is 12.2. The van der Waals surface area contributed by atoms with E-state index < -0.39 is 0 Å². The predicted molar refractivity (Wildman–Crippen MR) is 140 cm³/mol. The van der Waals surface area contributed by atoms with E-state index in [0.29, 0.717) is 38.5 Å². The number of amides is 1. The first-order valence-electron chi connectivity index (χ1n) is 10.9. The topological polar surface area (TPSA) is 64.4 Å². The van der Waals surface area contributed by atoms with E-state index in [2.05, 4.69) is 22.4 Å². The second kappa shape index (κ2) is 9.82. The Hall–Kier alpha value is -3.80. The maximum atomic E-state index is 12.4. The average Bonchev–Trinajstić information content (AvgIpc) is 3.27. The van der Waals surface area contributed by atoms with E-state index in [-0.39, 0.29) is 12.5 Å². The van der Waals surface area contributed by atoms with E-state index >= 15 is 0 Å². The fraction of sp³-hybridized carbons (Fsp3) is 0.0714. The summed E-state index contributed by atoms with van der Waals surface area (Å²) in [5.41, 5.74) is 5.75. The number of halogens is 2. The molecule has 0 radical (unpaired) electrons. The van der Waals surface area contributed by atoms with Crippen LogP contribution in [-0.4, -0.2) is 17.5 Å². The highest BCUT2D eigenvalue weighted by Gasteiger charge is 2.13. The number of hydrogen-bond donors (Lipinski definition) is 1. The van der Waals surface area contributed by atoms with Crippen LogP contribution in [0.25, 0.3) is 33.7 Å². The lowest BCUT2D eigenvalue weighted by atomic mass is 10.0. The number of ether oxygens (including phenoxy) is 1. The molecule has 0 fully saturated rings. The van der Waals surface area contributed by atoms with Crippen LogP contribution in [0.15, 0.2) is 89.3 Å². The molecule has 4 aromatic carbocycles. The number of aromatic nitrogens is 1. The number of hydrogen-bond acceptors (Lipinski definition) is 4. The Morgan fingerprint density at radius 3 is 2.37 bits per heavy atom. The molecular weight excluding hydrogens is 483 g/mol. The maximum absolute atomic E-state index is 12.4. The van der Waals surface area contributed by atoms with Gasteiger partial charge in [0.2, 0.25) is 5.89 Å². The number of carbonyl (C=O) groups is 1. The van der Waals surface area contributed by atoms with Gasteiger partial charge >= 0.3 is 0 Å². The molecule has 0 saturated heterocycles. The zero-order valence-electron chi connectivity index (χ0n) is 18.7. The van der Waals surface area contributed by atoms with Gasteiger partial charge < -0.3 is 14.5 Å². The third kappa shape index (κ3) is 5.16. The Balaban J connectivity index is 1.28. The van der Waals surface area contributed by atoms with Gasteiger partial charge in [-0.3, -0.25) is 4.79 Å². The van der Waals surface area contributed by atoms with Crippen molar-refractivity contribution in [2.24, 2.45) is 0 Å². The van der Waals surface area contributed by atoms with Crippen LogP contribution in [0.3, 0.4) is 0 Å². The Morgan fingerprint density at radius 2 is 1.63 bits per heavy atom. The highest BCUT2D eigenvalue weighted by molar-refractivity contribution is 6.35. The molecule has 5 nitrogen and oxygen atoms in total. The van der Waals surface area contributed by atoms with E-state index in [9.17, 15) is 4.79 Å². The van der Waals surface area contributed by atoms with E-state index in [1.165, 1.54) is 0 Å². The van der Waals surface area contributed by atoms with Crippen molar-refractivity contribution in [3.8, 4) is 28.3 Å². The number of rotatable bonds is 6. The van der Waals surface area contributed by atoms with Crippen LogP contribution >= 0.6 is 23.2 Å². The number of nitrogens with zero attached hydrogens (tertiary/aromatic N) is 1. The first-order valence-corrected chi connectivity index (χ1v) is 11.7. The smallest absolute Gasteiger partial charge is 0.262 e. The summed E-state index contributed by atoms with van der Waals surface area (Å²) in [7, 11) is 0. The van der Waals surface area contributed by atoms with Gasteiger partial charge in [-0.25, -0.2) is 4.98 Å². The second-order valence-electron chi connectivity index (χ2n) is 8.02. The quantitative estimate of drug-likeness (QED) is 0.257. The van der Waals surface area contributed by atoms with E-state index in [1.54, 1.807) is 30.3 Å². The molecule has 35 heavy (non-hydrogen) atoms. The molecule has 5 rings (SSSR count). The standard InChI is InChI=1S/C28H20Cl2N2O3/c1-17-13-21(29)14-23(30)27(17)34-16-26(33)31-22-11-12-25-24(15-22)32-28(35-25)20-9-7-19(8-10-20)18-5-3-2-4-6-18/h2-15H,16H2,1H3,(H,31,33). The predicted octanol–water partition coefficient (Wildman–Crippen LogP) is 7.79. The summed E-state index contributed by atoms with van der Waals surface area (Å²) < 4.78 is 11.5. The monoisotopic (exact) mass is 502 g/mol. The lowest BCUT2D eigenvalue weighted by Crippen LogP contribution is -2.20. The fourth-order valence-electron chi connectivity index (χ4n) is 3.77. The molecule has 0 atom stereocenters. The van der Waals surface area contributed by atoms with E-state index in [1.807, 2.05) is 49.4 Å². The molecule has 1 amide bonds. The van der Waals surface area contributed by atoms with Crippen LogP contribution in [0.4, 0.5) is 5.69 Å². The summed E-state index contributed by atoms with van der Waals surface area (Å²) in [5.74, 6) is 0.621. The Labute approximate surface area is 212 Å². The van der Waals surface area contributed by atoms with Crippen LogP contribution in [0.2, 0.25) is 10.0 Å². The van der Waals surface area contributed by atoms with Crippen molar-refractivity contribution in [1.82, 2.24) is 4.98 Å². The fourth-order valence-corrected chi connectivity index (χ4v) is 4.42. The van der Waals surface area contributed by atoms with Gasteiger partial charge in [0.05, 0.1) is 5.02 Å². The molecule has 0 bridgehead atoms. The van der Waals surface area contributed by atoms with Gasteiger partial charge in [0.25, 0.3) is 5.91 Å². The van der Waals surface area contributed by atoms with Crippen LogP contribution < -0.4 is 10.1 Å². The largest absolute Gasteiger partial charge is 0.482 e. The molecule has 0 aliphatic heterocycles. The Bertz CT molecular complexity index is 1490. The van der Waals surface area contributed by atoms with Crippen LogP contribution in [0.5, 0.6) is 5.75 Å². The Morgan fingerprint density at radius 1 is 0.914 bits per heavy atom. The van der Waals surface area contributed by atoms with Gasteiger partial charge in [0.15, 0.2) is 12.2 Å². The molecule has 174 valence electrons. The van der Waals surface area contributed by atoms with Crippen molar-refractivity contribution in [2.45, 2.75) is 6.92 Å².